The third-order valence-electron chi connectivity index (χ3n) is 1.92. The van der Waals surface area contributed by atoms with Crippen LogP contribution in [0, 0.1) is 13.8 Å². The minimum Gasteiger partial charge on any atom is -0.436 e. The fourth-order valence-corrected chi connectivity index (χ4v) is 2.02. The van der Waals surface area contributed by atoms with E-state index < -0.39 is 0 Å². The van der Waals surface area contributed by atoms with Crippen molar-refractivity contribution in [2.75, 3.05) is 5.73 Å². The Morgan fingerprint density at radius 2 is 2.12 bits per heavy atom. The molecule has 0 saturated heterocycles. The summed E-state index contributed by atoms with van der Waals surface area (Å²) in [4.78, 5) is 12.0. The molecule has 0 atom stereocenters. The van der Waals surface area contributed by atoms with Gasteiger partial charge < -0.3 is 10.2 Å². The SMILES string of the molecule is Cc1nc(Sc2nc(N)ncc2Cl)oc1C. The van der Waals surface area contributed by atoms with Crippen molar-refractivity contribution in [1.29, 1.82) is 0 Å². The maximum Gasteiger partial charge on any atom is 0.262 e. The van der Waals surface area contributed by atoms with E-state index >= 15 is 0 Å². The van der Waals surface area contributed by atoms with Gasteiger partial charge in [0.1, 0.15) is 10.8 Å². The Bertz CT molecular complexity index is 509. The highest BCUT2D eigenvalue weighted by Gasteiger charge is 2.11. The molecule has 0 aromatic carbocycles. The Kier molecular flexibility index (Phi) is 3.02. The van der Waals surface area contributed by atoms with Crippen molar-refractivity contribution in [3.05, 3.63) is 22.7 Å². The lowest BCUT2D eigenvalue weighted by Gasteiger charge is -1.99. The van der Waals surface area contributed by atoms with Crippen molar-refractivity contribution in [3.63, 3.8) is 0 Å². The highest BCUT2D eigenvalue weighted by Crippen LogP contribution is 2.31. The van der Waals surface area contributed by atoms with E-state index in [1.807, 2.05) is 13.8 Å². The standard InChI is InChI=1S/C9H9ClN4OS/c1-4-5(2)15-9(13-4)16-7-6(10)3-12-8(11)14-7/h3H,1-2H3,(H2,11,12,14). The molecule has 0 aliphatic heterocycles. The molecule has 5 nitrogen and oxygen atoms in total. The average Bonchev–Trinajstić information content (AvgIpc) is 2.52. The first kappa shape index (κ1) is 11.2. The van der Waals surface area contributed by atoms with Crippen molar-refractivity contribution in [1.82, 2.24) is 15.0 Å². The highest BCUT2D eigenvalue weighted by molar-refractivity contribution is 7.99. The van der Waals surface area contributed by atoms with E-state index in [0.717, 1.165) is 11.5 Å². The minimum atomic E-state index is 0.173. The molecule has 0 amide bonds. The maximum atomic E-state index is 5.92. The number of hydrogen-bond donors (Lipinski definition) is 1. The van der Waals surface area contributed by atoms with Gasteiger partial charge in [-0.15, -0.1) is 0 Å². The van der Waals surface area contributed by atoms with Crippen molar-refractivity contribution in [3.8, 4) is 0 Å². The third-order valence-corrected chi connectivity index (χ3v) is 3.17. The third kappa shape index (κ3) is 2.28. The van der Waals surface area contributed by atoms with Crippen molar-refractivity contribution in [2.45, 2.75) is 24.1 Å². The Balaban J connectivity index is 2.29. The molecule has 2 aromatic rings. The zero-order valence-corrected chi connectivity index (χ0v) is 10.3. The number of anilines is 1. The van der Waals surface area contributed by atoms with Crippen LogP contribution in [-0.2, 0) is 0 Å². The second kappa shape index (κ2) is 4.31. The average molecular weight is 257 g/mol. The number of aryl methyl sites for hydroxylation is 2. The van der Waals surface area contributed by atoms with Gasteiger partial charge in [-0.2, -0.15) is 0 Å². The van der Waals surface area contributed by atoms with E-state index in [9.17, 15) is 0 Å². The molecule has 2 N–H and O–H groups in total. The van der Waals surface area contributed by atoms with Crippen LogP contribution < -0.4 is 5.73 Å². The van der Waals surface area contributed by atoms with Gasteiger partial charge in [0.15, 0.2) is 0 Å². The van der Waals surface area contributed by atoms with E-state index in [0.29, 0.717) is 15.3 Å². The predicted octanol–water partition coefficient (Wildman–Crippen LogP) is 2.47. The van der Waals surface area contributed by atoms with E-state index in [-0.39, 0.29) is 5.95 Å². The molecule has 2 aromatic heterocycles. The van der Waals surface area contributed by atoms with Crippen LogP contribution in [-0.4, -0.2) is 15.0 Å². The summed E-state index contributed by atoms with van der Waals surface area (Å²) in [5.41, 5.74) is 6.32. The molecule has 84 valence electrons. The number of rotatable bonds is 2. The summed E-state index contributed by atoms with van der Waals surface area (Å²) in [5.74, 6) is 0.951. The van der Waals surface area contributed by atoms with E-state index in [1.165, 1.54) is 18.0 Å². The molecule has 0 fully saturated rings. The molecule has 0 aliphatic carbocycles. The van der Waals surface area contributed by atoms with Gasteiger partial charge in [0.25, 0.3) is 5.22 Å². The fraction of sp³-hybridized carbons (Fsp3) is 0.222. The topological polar surface area (TPSA) is 77.8 Å². The number of oxazole rings is 1. The second-order valence-corrected chi connectivity index (χ2v) is 4.45. The lowest BCUT2D eigenvalue weighted by atomic mass is 10.4. The number of nitrogen functional groups attached to an aromatic ring is 1. The monoisotopic (exact) mass is 256 g/mol. The summed E-state index contributed by atoms with van der Waals surface area (Å²) < 4.78 is 5.41. The van der Waals surface area contributed by atoms with E-state index in [1.54, 1.807) is 0 Å². The van der Waals surface area contributed by atoms with Gasteiger partial charge in [-0.25, -0.2) is 15.0 Å². The van der Waals surface area contributed by atoms with Crippen LogP contribution in [0.2, 0.25) is 5.02 Å². The zero-order valence-electron chi connectivity index (χ0n) is 8.69. The van der Waals surface area contributed by atoms with Crippen molar-refractivity contribution >= 4 is 29.3 Å². The van der Waals surface area contributed by atoms with Gasteiger partial charge in [0.2, 0.25) is 5.95 Å². The summed E-state index contributed by atoms with van der Waals surface area (Å²) in [5, 5.41) is 1.46. The highest BCUT2D eigenvalue weighted by atomic mass is 35.5. The van der Waals surface area contributed by atoms with Crippen LogP contribution >= 0.6 is 23.4 Å². The molecular formula is C9H9ClN4OS. The first-order chi connectivity index (χ1) is 7.56. The Morgan fingerprint density at radius 1 is 1.38 bits per heavy atom. The van der Waals surface area contributed by atoms with Crippen LogP contribution in [0.4, 0.5) is 5.95 Å². The quantitative estimate of drug-likeness (QED) is 0.832. The molecule has 0 saturated carbocycles. The first-order valence-electron chi connectivity index (χ1n) is 4.46. The number of halogens is 1. The van der Waals surface area contributed by atoms with Crippen LogP contribution in [0.1, 0.15) is 11.5 Å². The molecule has 0 unspecified atom stereocenters. The molecule has 7 heteroatoms. The molecule has 2 heterocycles. The van der Waals surface area contributed by atoms with Crippen LogP contribution in [0.5, 0.6) is 0 Å². The first-order valence-corrected chi connectivity index (χ1v) is 5.65. The maximum absolute atomic E-state index is 5.92. The molecule has 0 aliphatic rings. The van der Waals surface area contributed by atoms with E-state index in [4.69, 9.17) is 21.8 Å². The minimum absolute atomic E-state index is 0.173. The number of hydrogen-bond acceptors (Lipinski definition) is 6. The lowest BCUT2D eigenvalue weighted by molar-refractivity contribution is 0.431. The summed E-state index contributed by atoms with van der Waals surface area (Å²) in [6, 6.07) is 0. The van der Waals surface area contributed by atoms with Crippen LogP contribution in [0.15, 0.2) is 20.9 Å². The van der Waals surface area contributed by atoms with Gasteiger partial charge in [-0.3, -0.25) is 0 Å². The number of nitrogens with zero attached hydrogens (tertiary/aromatic N) is 3. The molecule has 16 heavy (non-hydrogen) atoms. The molecular weight excluding hydrogens is 248 g/mol. The Hall–Kier alpha value is -1.27. The van der Waals surface area contributed by atoms with Crippen LogP contribution in [0.3, 0.4) is 0 Å². The smallest absolute Gasteiger partial charge is 0.262 e. The van der Waals surface area contributed by atoms with Crippen molar-refractivity contribution < 1.29 is 4.42 Å². The van der Waals surface area contributed by atoms with E-state index in [2.05, 4.69) is 15.0 Å². The Morgan fingerprint density at radius 3 is 2.75 bits per heavy atom. The van der Waals surface area contributed by atoms with Gasteiger partial charge in [-0.05, 0) is 25.6 Å². The van der Waals surface area contributed by atoms with Gasteiger partial charge >= 0.3 is 0 Å². The zero-order chi connectivity index (χ0) is 11.7. The summed E-state index contributed by atoms with van der Waals surface area (Å²) >= 11 is 7.14. The molecule has 0 bridgehead atoms. The van der Waals surface area contributed by atoms with Gasteiger partial charge in [0.05, 0.1) is 16.9 Å². The number of aromatic nitrogens is 3. The Labute approximate surface area is 101 Å². The summed E-state index contributed by atoms with van der Waals surface area (Å²) in [6.07, 6.45) is 1.45. The fourth-order valence-electron chi connectivity index (χ4n) is 1.01. The molecule has 2 rings (SSSR count). The largest absolute Gasteiger partial charge is 0.436 e. The van der Waals surface area contributed by atoms with Gasteiger partial charge in [0, 0.05) is 0 Å². The molecule has 0 radical (unpaired) electrons. The second-order valence-electron chi connectivity index (χ2n) is 3.10. The summed E-state index contributed by atoms with van der Waals surface area (Å²) in [6.45, 7) is 3.72. The normalized spacial score (nSPS) is 10.7. The lowest BCUT2D eigenvalue weighted by Crippen LogP contribution is -1.95. The van der Waals surface area contributed by atoms with Gasteiger partial charge in [-0.1, -0.05) is 11.6 Å². The predicted molar refractivity (Wildman–Crippen MR) is 61.6 cm³/mol. The van der Waals surface area contributed by atoms with Crippen molar-refractivity contribution in [2.24, 2.45) is 0 Å². The van der Waals surface area contributed by atoms with Crippen LogP contribution in [0.25, 0.3) is 0 Å². The summed E-state index contributed by atoms with van der Waals surface area (Å²) in [7, 11) is 0. The molecule has 0 spiro atoms. The number of nitrogens with two attached hydrogens (primary N) is 1.